The molecule has 0 radical (unpaired) electrons. The van der Waals surface area contributed by atoms with Gasteiger partial charge in [-0.3, -0.25) is 19.3 Å². The van der Waals surface area contributed by atoms with E-state index in [-0.39, 0.29) is 13.5 Å². The maximum Gasteiger partial charge on any atom is 0.193 e. The Labute approximate surface area is 187 Å². The molecule has 0 bridgehead atoms. The van der Waals surface area contributed by atoms with Crippen LogP contribution in [-0.2, 0) is 6.61 Å². The highest BCUT2D eigenvalue weighted by atomic mass is 16.5. The average molecular weight is 425 g/mol. The summed E-state index contributed by atoms with van der Waals surface area (Å²) >= 11 is 0. The number of hydrogen-bond acceptors (Lipinski definition) is 5. The van der Waals surface area contributed by atoms with Gasteiger partial charge in [0.1, 0.15) is 18.2 Å². The second-order valence-corrected chi connectivity index (χ2v) is 6.92. The van der Waals surface area contributed by atoms with Crippen LogP contribution in [-0.4, -0.2) is 14.5 Å². The first kappa shape index (κ1) is 20.8. The van der Waals surface area contributed by atoms with Crippen LogP contribution >= 0.6 is 0 Å². The molecule has 6 heteroatoms. The molecule has 0 saturated carbocycles. The summed E-state index contributed by atoms with van der Waals surface area (Å²) in [6.45, 7) is 7.83. The molecule has 1 N–H and O–H groups in total. The first-order chi connectivity index (χ1) is 15.7. The second-order valence-electron chi connectivity index (χ2n) is 6.92. The molecule has 32 heavy (non-hydrogen) atoms. The number of nitrogens with zero attached hydrogens (tertiary/aromatic N) is 3. The number of benzene rings is 1. The molecule has 3 aromatic heterocycles. The minimum Gasteiger partial charge on any atom is -0.487 e. The lowest BCUT2D eigenvalue weighted by Crippen LogP contribution is -2.15. The van der Waals surface area contributed by atoms with Gasteiger partial charge in [0, 0.05) is 37.5 Å². The smallest absolute Gasteiger partial charge is 0.193 e. The Bertz CT molecular complexity index is 1350. The van der Waals surface area contributed by atoms with Gasteiger partial charge in [0.15, 0.2) is 5.43 Å². The molecule has 0 aliphatic rings. The minimum absolute atomic E-state index is 0. The van der Waals surface area contributed by atoms with Gasteiger partial charge in [0.2, 0.25) is 0 Å². The molecule has 0 unspecified atom stereocenters. The number of nitrogens with one attached hydrogen (secondary N) is 1. The molecule has 0 aliphatic heterocycles. The fourth-order valence-electron chi connectivity index (χ4n) is 3.31. The predicted octanol–water partition coefficient (Wildman–Crippen LogP) is 5.27. The quantitative estimate of drug-likeness (QED) is 0.390. The van der Waals surface area contributed by atoms with E-state index < -0.39 is 0 Å². The Hall–Kier alpha value is -4.45. The topological polar surface area (TPSA) is 69.0 Å². The summed E-state index contributed by atoms with van der Waals surface area (Å²) < 4.78 is 7.80. The zero-order valence-electron chi connectivity index (χ0n) is 17.4. The normalized spacial score (nSPS) is 11.2. The van der Waals surface area contributed by atoms with Gasteiger partial charge in [-0.1, -0.05) is 37.4 Å². The minimum atomic E-state index is -0.134. The van der Waals surface area contributed by atoms with Crippen LogP contribution in [0.25, 0.3) is 16.6 Å². The molecular formula is C26H24N4O2. The second kappa shape index (κ2) is 9.57. The third-order valence-electron chi connectivity index (χ3n) is 4.79. The molecule has 160 valence electrons. The zero-order valence-corrected chi connectivity index (χ0v) is 17.4. The summed E-state index contributed by atoms with van der Waals surface area (Å²) in [6, 6.07) is 16.8. The van der Waals surface area contributed by atoms with Gasteiger partial charge >= 0.3 is 0 Å². The van der Waals surface area contributed by atoms with Crippen molar-refractivity contribution in [3.63, 3.8) is 0 Å². The van der Waals surface area contributed by atoms with Crippen LogP contribution in [0.1, 0.15) is 7.12 Å². The van der Waals surface area contributed by atoms with Crippen molar-refractivity contribution in [3.8, 4) is 11.4 Å². The number of ether oxygens (including phenoxy) is 1. The van der Waals surface area contributed by atoms with Crippen LogP contribution in [0.15, 0.2) is 115 Å². The van der Waals surface area contributed by atoms with Crippen LogP contribution in [0.4, 0.5) is 5.82 Å². The van der Waals surface area contributed by atoms with Crippen molar-refractivity contribution in [2.45, 2.75) is 6.61 Å². The van der Waals surface area contributed by atoms with Gasteiger partial charge in [-0.05, 0) is 42.5 Å². The number of aromatic nitrogens is 3. The van der Waals surface area contributed by atoms with Crippen LogP contribution in [0.3, 0.4) is 0 Å². The van der Waals surface area contributed by atoms with E-state index >= 15 is 0 Å². The van der Waals surface area contributed by atoms with Crippen molar-refractivity contribution in [1.29, 1.82) is 0 Å². The molecule has 0 atom stereocenters. The summed E-state index contributed by atoms with van der Waals surface area (Å²) in [6.07, 6.45) is 10.1. The number of anilines is 1. The van der Waals surface area contributed by atoms with E-state index in [1.807, 2.05) is 41.0 Å². The Balaban J connectivity index is 0.00000306. The summed E-state index contributed by atoms with van der Waals surface area (Å²) in [5.74, 6) is 1.30. The molecule has 4 rings (SSSR count). The van der Waals surface area contributed by atoms with E-state index in [9.17, 15) is 4.79 Å². The molecule has 1 aromatic carbocycles. The molecule has 0 spiro atoms. The largest absolute Gasteiger partial charge is 0.487 e. The fourth-order valence-corrected chi connectivity index (χ4v) is 3.31. The highest BCUT2D eigenvalue weighted by molar-refractivity contribution is 5.83. The van der Waals surface area contributed by atoms with E-state index in [2.05, 4.69) is 28.4 Å². The van der Waals surface area contributed by atoms with Crippen molar-refractivity contribution in [2.75, 3.05) is 5.32 Å². The molecule has 0 saturated heterocycles. The molecule has 3 heterocycles. The van der Waals surface area contributed by atoms with Crippen molar-refractivity contribution in [2.24, 2.45) is 0 Å². The third-order valence-corrected chi connectivity index (χ3v) is 4.79. The van der Waals surface area contributed by atoms with Gasteiger partial charge < -0.3 is 10.1 Å². The number of rotatable bonds is 8. The Morgan fingerprint density at radius 3 is 2.62 bits per heavy atom. The lowest BCUT2D eigenvalue weighted by atomic mass is 10.2. The SMILES string of the molecule is C=C/C=C(\C=C)Nc1cc(=O)c2cnc(COc3ccncc3)cc2n1-c1ccccc1.[HH]. The fraction of sp³-hybridized carbons (Fsp3) is 0.0385. The monoisotopic (exact) mass is 424 g/mol. The zero-order chi connectivity index (χ0) is 22.3. The average Bonchev–Trinajstić information content (AvgIpc) is 2.83. The summed E-state index contributed by atoms with van der Waals surface area (Å²) in [7, 11) is 0. The standard InChI is InChI=1S/C26H22N4O2.H2/c1-3-8-19(4-2)29-26-16-25(31)23-17-28-20(18-32-22-11-13-27-14-12-22)15-24(23)30(26)21-9-6-5-7-10-21;/h3-17,29H,1-2,18H2;1H/b19-8+;. The Morgan fingerprint density at radius 2 is 1.91 bits per heavy atom. The third kappa shape index (κ3) is 4.49. The summed E-state index contributed by atoms with van der Waals surface area (Å²) in [5.41, 5.74) is 2.90. The number of allylic oxidation sites excluding steroid dienone is 3. The van der Waals surface area contributed by atoms with Crippen LogP contribution < -0.4 is 15.5 Å². The van der Waals surface area contributed by atoms with Gasteiger partial charge in [-0.25, -0.2) is 0 Å². The van der Waals surface area contributed by atoms with Gasteiger partial charge in [-0.2, -0.15) is 0 Å². The summed E-state index contributed by atoms with van der Waals surface area (Å²) in [4.78, 5) is 21.3. The maximum atomic E-state index is 12.9. The Kier molecular flexibility index (Phi) is 6.22. The van der Waals surface area contributed by atoms with Gasteiger partial charge in [0.25, 0.3) is 0 Å². The van der Waals surface area contributed by atoms with E-state index in [0.29, 0.717) is 22.6 Å². The van der Waals surface area contributed by atoms with Crippen LogP contribution in [0.2, 0.25) is 0 Å². The van der Waals surface area contributed by atoms with Gasteiger partial charge in [0.05, 0.1) is 16.6 Å². The molecule has 6 nitrogen and oxygen atoms in total. The van der Waals surface area contributed by atoms with Crippen molar-refractivity contribution in [1.82, 2.24) is 14.5 Å². The first-order valence-electron chi connectivity index (χ1n) is 10.0. The van der Waals surface area contributed by atoms with E-state index in [1.54, 1.807) is 55.0 Å². The highest BCUT2D eigenvalue weighted by Crippen LogP contribution is 2.24. The summed E-state index contributed by atoms with van der Waals surface area (Å²) in [5, 5.41) is 3.80. The highest BCUT2D eigenvalue weighted by Gasteiger charge is 2.13. The van der Waals surface area contributed by atoms with Crippen LogP contribution in [0, 0.1) is 0 Å². The van der Waals surface area contributed by atoms with E-state index in [4.69, 9.17) is 4.74 Å². The first-order valence-corrected chi connectivity index (χ1v) is 10.0. The van der Waals surface area contributed by atoms with Crippen LogP contribution in [0.5, 0.6) is 5.75 Å². The number of fused-ring (bicyclic) bond motifs is 1. The number of pyridine rings is 3. The predicted molar refractivity (Wildman–Crippen MR) is 130 cm³/mol. The van der Waals surface area contributed by atoms with Crippen molar-refractivity contribution < 1.29 is 6.16 Å². The van der Waals surface area contributed by atoms with E-state index in [0.717, 1.165) is 16.9 Å². The molecule has 0 fully saturated rings. The van der Waals surface area contributed by atoms with Crippen molar-refractivity contribution in [3.05, 3.63) is 126 Å². The van der Waals surface area contributed by atoms with Crippen molar-refractivity contribution >= 4 is 16.7 Å². The lowest BCUT2D eigenvalue weighted by Gasteiger charge is -2.19. The maximum absolute atomic E-state index is 12.9. The molecular weight excluding hydrogens is 400 g/mol. The lowest BCUT2D eigenvalue weighted by molar-refractivity contribution is 0.301. The molecule has 0 amide bonds. The number of para-hydroxylation sites is 1. The molecule has 4 aromatic rings. The molecule has 0 aliphatic carbocycles. The number of hydrogen-bond donors (Lipinski definition) is 1. The Morgan fingerprint density at radius 1 is 1.12 bits per heavy atom. The van der Waals surface area contributed by atoms with Gasteiger partial charge in [-0.15, -0.1) is 0 Å². The van der Waals surface area contributed by atoms with E-state index in [1.165, 1.54) is 0 Å².